The topological polar surface area (TPSA) is 65.6 Å². The van der Waals surface area contributed by atoms with Gasteiger partial charge in [-0.3, -0.25) is 9.59 Å². The molecule has 0 spiro atoms. The van der Waals surface area contributed by atoms with E-state index in [4.69, 9.17) is 0 Å². The Labute approximate surface area is 164 Å². The first-order valence-electron chi connectivity index (χ1n) is 9.77. The van der Waals surface area contributed by atoms with E-state index in [1.54, 1.807) is 0 Å². The Morgan fingerprint density at radius 3 is 1.07 bits per heavy atom. The summed E-state index contributed by atoms with van der Waals surface area (Å²) in [6.45, 7) is 8.26. The second-order valence-corrected chi connectivity index (χ2v) is 6.49. The molecule has 0 aliphatic rings. The van der Waals surface area contributed by atoms with Gasteiger partial charge < -0.3 is 5.48 Å². The van der Waals surface area contributed by atoms with E-state index < -0.39 is 0 Å². The second kappa shape index (κ2) is 13.9. The lowest BCUT2D eigenvalue weighted by molar-refractivity contribution is 0.0906. The number of Topliss-reactive ketones (excluding diaryl/α,β-unsaturated/α-hetero) is 2. The maximum Gasteiger partial charge on any atom is 0.165 e. The lowest BCUT2D eigenvalue weighted by atomic mass is 9.93. The molecule has 0 saturated heterocycles. The van der Waals surface area contributed by atoms with E-state index in [-0.39, 0.29) is 28.9 Å². The van der Waals surface area contributed by atoms with Gasteiger partial charge in [-0.05, 0) is 25.7 Å². The van der Waals surface area contributed by atoms with Crippen molar-refractivity contribution < 1.29 is 15.1 Å². The summed E-state index contributed by atoms with van der Waals surface area (Å²) >= 11 is 0. The van der Waals surface area contributed by atoms with Crippen LogP contribution >= 0.6 is 0 Å². The molecule has 2 aromatic carbocycles. The molecule has 0 radical (unpaired) electrons. The number of carbonyl (C=O) groups excluding carboxylic acids is 2. The second-order valence-electron chi connectivity index (χ2n) is 6.49. The van der Waals surface area contributed by atoms with Gasteiger partial charge in [0.15, 0.2) is 11.6 Å². The number of hydrogen-bond donors (Lipinski definition) is 0. The van der Waals surface area contributed by atoms with Gasteiger partial charge in [-0.25, -0.2) is 0 Å². The van der Waals surface area contributed by atoms with Gasteiger partial charge in [0.2, 0.25) is 0 Å². The van der Waals surface area contributed by atoms with E-state index in [0.717, 1.165) is 36.8 Å². The van der Waals surface area contributed by atoms with Crippen LogP contribution < -0.4 is 0 Å². The SMILES string of the molecule is CCC(CC)C(=O)c1ccccc1.CCC(CC)C(=O)c1ccccc1.O. The van der Waals surface area contributed by atoms with Gasteiger partial charge in [-0.15, -0.1) is 0 Å². The molecule has 3 heteroatoms. The number of carbonyl (C=O) groups is 2. The minimum absolute atomic E-state index is 0. The van der Waals surface area contributed by atoms with Gasteiger partial charge in [-0.1, -0.05) is 88.4 Å². The molecule has 0 aliphatic carbocycles. The van der Waals surface area contributed by atoms with E-state index >= 15 is 0 Å². The molecule has 27 heavy (non-hydrogen) atoms. The third kappa shape index (κ3) is 7.88. The fraction of sp³-hybridized carbons (Fsp3) is 0.417. The molecular weight excluding hydrogens is 336 g/mol. The molecule has 3 nitrogen and oxygen atoms in total. The number of ketones is 2. The van der Waals surface area contributed by atoms with Crippen LogP contribution in [-0.2, 0) is 0 Å². The molecule has 148 valence electrons. The Bertz CT molecular complexity index is 582. The highest BCUT2D eigenvalue weighted by Crippen LogP contribution is 2.16. The van der Waals surface area contributed by atoms with Crippen LogP contribution in [0.3, 0.4) is 0 Å². The van der Waals surface area contributed by atoms with Gasteiger partial charge >= 0.3 is 0 Å². The monoisotopic (exact) mass is 370 g/mol. The van der Waals surface area contributed by atoms with Crippen LogP contribution in [-0.4, -0.2) is 17.0 Å². The fourth-order valence-corrected chi connectivity index (χ4v) is 3.00. The summed E-state index contributed by atoms with van der Waals surface area (Å²) in [5, 5.41) is 0. The van der Waals surface area contributed by atoms with Gasteiger partial charge in [0.1, 0.15) is 0 Å². The average Bonchev–Trinajstić information content (AvgIpc) is 2.71. The van der Waals surface area contributed by atoms with Crippen molar-refractivity contribution in [2.45, 2.75) is 53.4 Å². The summed E-state index contributed by atoms with van der Waals surface area (Å²) in [5.41, 5.74) is 1.69. The first kappa shape index (κ1) is 24.7. The summed E-state index contributed by atoms with van der Waals surface area (Å²) < 4.78 is 0. The molecule has 0 unspecified atom stereocenters. The molecule has 0 atom stereocenters. The van der Waals surface area contributed by atoms with E-state index in [2.05, 4.69) is 27.7 Å². The fourth-order valence-electron chi connectivity index (χ4n) is 3.00. The Hall–Kier alpha value is -2.26. The Morgan fingerprint density at radius 2 is 0.852 bits per heavy atom. The molecule has 0 saturated carbocycles. The van der Waals surface area contributed by atoms with Crippen molar-refractivity contribution in [3.63, 3.8) is 0 Å². The summed E-state index contributed by atoms with van der Waals surface area (Å²) in [6, 6.07) is 19.1. The molecule has 0 aromatic heterocycles. The molecule has 0 bridgehead atoms. The molecule has 0 heterocycles. The van der Waals surface area contributed by atoms with Crippen molar-refractivity contribution in [2.24, 2.45) is 11.8 Å². The molecule has 2 N–H and O–H groups in total. The third-order valence-electron chi connectivity index (χ3n) is 4.83. The zero-order chi connectivity index (χ0) is 19.4. The summed E-state index contributed by atoms with van der Waals surface area (Å²) in [7, 11) is 0. The van der Waals surface area contributed by atoms with Crippen LogP contribution in [0, 0.1) is 11.8 Å². The summed E-state index contributed by atoms with van der Waals surface area (Å²) in [6.07, 6.45) is 3.74. The summed E-state index contributed by atoms with van der Waals surface area (Å²) in [4.78, 5) is 23.6. The predicted molar refractivity (Wildman–Crippen MR) is 113 cm³/mol. The molecular formula is C24H34O3. The van der Waals surface area contributed by atoms with Crippen molar-refractivity contribution in [1.82, 2.24) is 0 Å². The molecule has 0 amide bonds. The van der Waals surface area contributed by atoms with Crippen LogP contribution in [0.2, 0.25) is 0 Å². The maximum absolute atomic E-state index is 11.8. The van der Waals surface area contributed by atoms with Crippen molar-refractivity contribution in [3.8, 4) is 0 Å². The normalized spacial score (nSPS) is 10.0. The van der Waals surface area contributed by atoms with Gasteiger partial charge in [0.25, 0.3) is 0 Å². The van der Waals surface area contributed by atoms with Gasteiger partial charge in [0, 0.05) is 23.0 Å². The van der Waals surface area contributed by atoms with Crippen LogP contribution in [0.4, 0.5) is 0 Å². The molecule has 0 fully saturated rings. The zero-order valence-corrected chi connectivity index (χ0v) is 17.1. The Kier molecular flexibility index (Phi) is 12.7. The van der Waals surface area contributed by atoms with Crippen LogP contribution in [0.5, 0.6) is 0 Å². The average molecular weight is 371 g/mol. The van der Waals surface area contributed by atoms with E-state index in [9.17, 15) is 9.59 Å². The highest BCUT2D eigenvalue weighted by molar-refractivity contribution is 5.98. The highest BCUT2D eigenvalue weighted by Gasteiger charge is 2.15. The quantitative estimate of drug-likeness (QED) is 0.552. The van der Waals surface area contributed by atoms with E-state index in [1.165, 1.54) is 0 Å². The Morgan fingerprint density at radius 1 is 0.593 bits per heavy atom. The lowest BCUT2D eigenvalue weighted by Crippen LogP contribution is -2.12. The van der Waals surface area contributed by atoms with Crippen molar-refractivity contribution >= 4 is 11.6 Å². The van der Waals surface area contributed by atoms with E-state index in [0.29, 0.717) is 0 Å². The highest BCUT2D eigenvalue weighted by atomic mass is 16.1. The van der Waals surface area contributed by atoms with E-state index in [1.807, 2.05) is 60.7 Å². The Balaban J connectivity index is 0.000000483. The van der Waals surface area contributed by atoms with Crippen LogP contribution in [0.15, 0.2) is 60.7 Å². The minimum Gasteiger partial charge on any atom is -0.412 e. The van der Waals surface area contributed by atoms with Crippen LogP contribution in [0.25, 0.3) is 0 Å². The standard InChI is InChI=1S/2C12H16O.H2O/c2*1-3-10(4-2)12(13)11-8-6-5-7-9-11;/h2*5-10H,3-4H2,1-2H3;1H2. The molecule has 0 aliphatic heterocycles. The van der Waals surface area contributed by atoms with Crippen molar-refractivity contribution in [2.75, 3.05) is 0 Å². The number of benzene rings is 2. The van der Waals surface area contributed by atoms with Crippen molar-refractivity contribution in [1.29, 1.82) is 0 Å². The summed E-state index contributed by atoms with van der Waals surface area (Å²) in [5.74, 6) is 0.959. The van der Waals surface area contributed by atoms with Gasteiger partial charge in [0.05, 0.1) is 0 Å². The zero-order valence-electron chi connectivity index (χ0n) is 17.1. The smallest absolute Gasteiger partial charge is 0.165 e. The minimum atomic E-state index is 0. The number of rotatable bonds is 8. The first-order chi connectivity index (χ1) is 12.6. The number of hydrogen-bond acceptors (Lipinski definition) is 2. The third-order valence-corrected chi connectivity index (χ3v) is 4.83. The molecule has 2 rings (SSSR count). The van der Waals surface area contributed by atoms with Crippen LogP contribution in [0.1, 0.15) is 74.1 Å². The largest absolute Gasteiger partial charge is 0.412 e. The molecule has 2 aromatic rings. The maximum atomic E-state index is 11.8. The first-order valence-corrected chi connectivity index (χ1v) is 9.77. The van der Waals surface area contributed by atoms with Crippen molar-refractivity contribution in [3.05, 3.63) is 71.8 Å². The van der Waals surface area contributed by atoms with Gasteiger partial charge in [-0.2, -0.15) is 0 Å². The lowest BCUT2D eigenvalue weighted by Gasteiger charge is -2.10. The predicted octanol–water partition coefficient (Wildman–Crippen LogP) is 5.79.